The summed E-state index contributed by atoms with van der Waals surface area (Å²) in [6, 6.07) is 5.15. The van der Waals surface area contributed by atoms with E-state index in [4.69, 9.17) is 0 Å². The van der Waals surface area contributed by atoms with E-state index in [9.17, 15) is 9.59 Å². The van der Waals surface area contributed by atoms with Gasteiger partial charge in [0.1, 0.15) is 6.04 Å². The first-order chi connectivity index (χ1) is 9.09. The largest absolute Gasteiger partial charge is 0.332 e. The smallest absolute Gasteiger partial charge is 0.312 e. The highest BCUT2D eigenvalue weighted by atomic mass is 79.9. The SMILES string of the molecule is Cc1cc(N2C(=O)C3CCCCN3C2=O)ccc1Br. The molecule has 3 amide bonds. The van der Waals surface area contributed by atoms with Crippen molar-refractivity contribution in [3.8, 4) is 0 Å². The van der Waals surface area contributed by atoms with Crippen LogP contribution in [0.5, 0.6) is 0 Å². The number of hydrogen-bond acceptors (Lipinski definition) is 2. The van der Waals surface area contributed by atoms with Crippen molar-refractivity contribution in [2.45, 2.75) is 32.2 Å². The topological polar surface area (TPSA) is 40.6 Å². The molecule has 2 aliphatic heterocycles. The molecule has 0 radical (unpaired) electrons. The lowest BCUT2D eigenvalue weighted by molar-refractivity contribution is -0.120. The molecule has 3 rings (SSSR count). The van der Waals surface area contributed by atoms with Crippen molar-refractivity contribution in [3.63, 3.8) is 0 Å². The molecule has 4 nitrogen and oxygen atoms in total. The zero-order valence-corrected chi connectivity index (χ0v) is 12.3. The molecule has 0 bridgehead atoms. The number of amides is 3. The molecular formula is C14H15BrN2O2. The fourth-order valence-corrected chi connectivity index (χ4v) is 3.04. The van der Waals surface area contributed by atoms with Gasteiger partial charge in [-0.15, -0.1) is 0 Å². The third-order valence-electron chi connectivity index (χ3n) is 3.84. The highest BCUT2D eigenvalue weighted by Crippen LogP contribution is 2.32. The maximum absolute atomic E-state index is 12.4. The van der Waals surface area contributed by atoms with Crippen LogP contribution in [-0.4, -0.2) is 29.4 Å². The Morgan fingerprint density at radius 3 is 2.74 bits per heavy atom. The van der Waals surface area contributed by atoms with Gasteiger partial charge in [0.15, 0.2) is 0 Å². The summed E-state index contributed by atoms with van der Waals surface area (Å²) in [7, 11) is 0. The van der Waals surface area contributed by atoms with Crippen molar-refractivity contribution in [3.05, 3.63) is 28.2 Å². The van der Waals surface area contributed by atoms with Crippen LogP contribution in [0, 0.1) is 6.92 Å². The van der Waals surface area contributed by atoms with Crippen LogP contribution in [0.4, 0.5) is 10.5 Å². The number of hydrogen-bond donors (Lipinski definition) is 0. The number of aryl methyl sites for hydroxylation is 1. The van der Waals surface area contributed by atoms with Gasteiger partial charge in [-0.05, 0) is 49.9 Å². The van der Waals surface area contributed by atoms with E-state index in [1.165, 1.54) is 4.90 Å². The van der Waals surface area contributed by atoms with Crippen LogP contribution in [0.3, 0.4) is 0 Å². The van der Waals surface area contributed by atoms with E-state index in [2.05, 4.69) is 15.9 Å². The number of imide groups is 1. The van der Waals surface area contributed by atoms with Crippen LogP contribution in [0.1, 0.15) is 24.8 Å². The van der Waals surface area contributed by atoms with Crippen LogP contribution in [0.2, 0.25) is 0 Å². The van der Waals surface area contributed by atoms with E-state index < -0.39 is 0 Å². The van der Waals surface area contributed by atoms with Crippen molar-refractivity contribution in [2.24, 2.45) is 0 Å². The molecule has 100 valence electrons. The number of benzene rings is 1. The van der Waals surface area contributed by atoms with Crippen molar-refractivity contribution in [2.75, 3.05) is 11.4 Å². The summed E-state index contributed by atoms with van der Waals surface area (Å²) in [6.07, 6.45) is 2.80. The Morgan fingerprint density at radius 1 is 1.26 bits per heavy atom. The normalized spacial score (nSPS) is 22.9. The van der Waals surface area contributed by atoms with Crippen molar-refractivity contribution in [1.29, 1.82) is 0 Å². The Morgan fingerprint density at radius 2 is 2.05 bits per heavy atom. The quantitative estimate of drug-likeness (QED) is 0.745. The minimum Gasteiger partial charge on any atom is -0.312 e. The zero-order valence-electron chi connectivity index (χ0n) is 10.7. The maximum Gasteiger partial charge on any atom is 0.332 e. The predicted octanol–water partition coefficient (Wildman–Crippen LogP) is 3.08. The third kappa shape index (κ3) is 1.96. The fourth-order valence-electron chi connectivity index (χ4n) is 2.79. The number of carbonyl (C=O) groups is 2. The summed E-state index contributed by atoms with van der Waals surface area (Å²) in [6.45, 7) is 2.65. The van der Waals surface area contributed by atoms with E-state index in [1.807, 2.05) is 25.1 Å². The summed E-state index contributed by atoms with van der Waals surface area (Å²) in [5.74, 6) is -0.0774. The van der Waals surface area contributed by atoms with Gasteiger partial charge in [-0.25, -0.2) is 9.69 Å². The molecule has 0 N–H and O–H groups in total. The number of carbonyl (C=O) groups excluding carboxylic acids is 2. The lowest BCUT2D eigenvalue weighted by atomic mass is 10.0. The number of piperidine rings is 1. The predicted molar refractivity (Wildman–Crippen MR) is 76.1 cm³/mol. The molecular weight excluding hydrogens is 308 g/mol. The van der Waals surface area contributed by atoms with E-state index in [0.717, 1.165) is 29.3 Å². The van der Waals surface area contributed by atoms with Gasteiger partial charge in [0, 0.05) is 11.0 Å². The first-order valence-corrected chi connectivity index (χ1v) is 7.29. The lowest BCUT2D eigenvalue weighted by Gasteiger charge is -2.25. The second kappa shape index (κ2) is 4.63. The van der Waals surface area contributed by atoms with Gasteiger partial charge >= 0.3 is 6.03 Å². The zero-order chi connectivity index (χ0) is 13.6. The first kappa shape index (κ1) is 12.7. The fraction of sp³-hybridized carbons (Fsp3) is 0.429. The summed E-state index contributed by atoms with van der Waals surface area (Å²) >= 11 is 3.43. The maximum atomic E-state index is 12.4. The number of fused-ring (bicyclic) bond motifs is 1. The molecule has 1 aromatic carbocycles. The highest BCUT2D eigenvalue weighted by molar-refractivity contribution is 9.10. The third-order valence-corrected chi connectivity index (χ3v) is 4.73. The van der Waals surface area contributed by atoms with Crippen molar-refractivity contribution in [1.82, 2.24) is 4.90 Å². The highest BCUT2D eigenvalue weighted by Gasteiger charge is 2.46. The van der Waals surface area contributed by atoms with Crippen molar-refractivity contribution >= 4 is 33.6 Å². The number of urea groups is 1. The molecule has 19 heavy (non-hydrogen) atoms. The summed E-state index contributed by atoms with van der Waals surface area (Å²) < 4.78 is 0.980. The Kier molecular flexibility index (Phi) is 3.09. The monoisotopic (exact) mass is 322 g/mol. The number of anilines is 1. The van der Waals surface area contributed by atoms with Gasteiger partial charge in [0.25, 0.3) is 5.91 Å². The Balaban J connectivity index is 1.98. The summed E-state index contributed by atoms with van der Waals surface area (Å²) in [5, 5.41) is 0. The first-order valence-electron chi connectivity index (χ1n) is 6.50. The van der Waals surface area contributed by atoms with E-state index in [1.54, 1.807) is 4.90 Å². The Labute approximate surface area is 120 Å². The summed E-state index contributed by atoms with van der Waals surface area (Å²) in [5.41, 5.74) is 1.69. The molecule has 2 heterocycles. The molecule has 0 aliphatic carbocycles. The molecule has 2 aliphatic rings. The standard InChI is InChI=1S/C14H15BrN2O2/c1-9-8-10(5-6-11(9)15)17-13(18)12-4-2-3-7-16(12)14(17)19/h5-6,8,12H,2-4,7H2,1H3. The molecule has 2 fully saturated rings. The van der Waals surface area contributed by atoms with Gasteiger partial charge in [-0.2, -0.15) is 0 Å². The molecule has 2 saturated heterocycles. The van der Waals surface area contributed by atoms with Gasteiger partial charge in [-0.1, -0.05) is 15.9 Å². The lowest BCUT2D eigenvalue weighted by Crippen LogP contribution is -2.39. The molecule has 1 atom stereocenters. The van der Waals surface area contributed by atoms with E-state index in [0.29, 0.717) is 12.2 Å². The van der Waals surface area contributed by atoms with Gasteiger partial charge in [0.05, 0.1) is 5.69 Å². The number of nitrogens with zero attached hydrogens (tertiary/aromatic N) is 2. The van der Waals surface area contributed by atoms with Gasteiger partial charge < -0.3 is 4.90 Å². The van der Waals surface area contributed by atoms with Crippen LogP contribution in [0.25, 0.3) is 0 Å². The van der Waals surface area contributed by atoms with Crippen LogP contribution in [0.15, 0.2) is 22.7 Å². The summed E-state index contributed by atoms with van der Waals surface area (Å²) in [4.78, 5) is 27.8. The van der Waals surface area contributed by atoms with Crippen molar-refractivity contribution < 1.29 is 9.59 Å². The molecule has 0 saturated carbocycles. The van der Waals surface area contributed by atoms with Gasteiger partial charge in [0.2, 0.25) is 0 Å². The van der Waals surface area contributed by atoms with Crippen LogP contribution >= 0.6 is 15.9 Å². The van der Waals surface area contributed by atoms with Crippen LogP contribution in [-0.2, 0) is 4.79 Å². The van der Waals surface area contributed by atoms with E-state index in [-0.39, 0.29) is 18.0 Å². The Hall–Kier alpha value is -1.36. The molecule has 0 aromatic heterocycles. The molecule has 1 aromatic rings. The van der Waals surface area contributed by atoms with E-state index >= 15 is 0 Å². The minimum atomic E-state index is -0.245. The second-order valence-electron chi connectivity index (χ2n) is 5.09. The molecule has 0 spiro atoms. The van der Waals surface area contributed by atoms with Crippen LogP contribution < -0.4 is 4.90 Å². The minimum absolute atomic E-state index is 0.0774. The Bertz CT molecular complexity index is 534. The molecule has 5 heteroatoms. The number of halogens is 1. The average molecular weight is 323 g/mol. The molecule has 1 unspecified atom stereocenters. The second-order valence-corrected chi connectivity index (χ2v) is 5.95. The van der Waals surface area contributed by atoms with Gasteiger partial charge in [-0.3, -0.25) is 4.79 Å². The number of rotatable bonds is 1. The average Bonchev–Trinajstić information content (AvgIpc) is 2.66.